The van der Waals surface area contributed by atoms with E-state index in [0.717, 1.165) is 0 Å². The van der Waals surface area contributed by atoms with Crippen molar-refractivity contribution >= 4 is 11.8 Å². The summed E-state index contributed by atoms with van der Waals surface area (Å²) >= 11 is 0. The van der Waals surface area contributed by atoms with E-state index in [2.05, 4.69) is 6.07 Å². The number of carbonyl (C=O) groups excluding carboxylic acids is 1. The lowest BCUT2D eigenvalue weighted by molar-refractivity contribution is 0.134. The van der Waals surface area contributed by atoms with Crippen LogP contribution in [0.5, 0.6) is 11.5 Å². The standard InChI is InChI=1S/C13H14N2O4/c1-17-11-4-3-9(7-12(11)18-2)15-10(8-14)5-6-19-13(15)16/h3-4,7,10H,5-6H2,1-2H3. The lowest BCUT2D eigenvalue weighted by Gasteiger charge is -2.31. The summed E-state index contributed by atoms with van der Waals surface area (Å²) in [5.41, 5.74) is 0.550. The Morgan fingerprint density at radius 1 is 1.37 bits per heavy atom. The third-order valence-corrected chi connectivity index (χ3v) is 2.92. The molecule has 100 valence electrons. The number of rotatable bonds is 3. The largest absolute Gasteiger partial charge is 0.493 e. The smallest absolute Gasteiger partial charge is 0.415 e. The summed E-state index contributed by atoms with van der Waals surface area (Å²) < 4.78 is 15.3. The first kappa shape index (κ1) is 13.0. The molecule has 1 aromatic carbocycles. The first-order valence-electron chi connectivity index (χ1n) is 5.79. The van der Waals surface area contributed by atoms with E-state index in [0.29, 0.717) is 23.6 Å². The summed E-state index contributed by atoms with van der Waals surface area (Å²) in [5.74, 6) is 1.06. The fourth-order valence-electron chi connectivity index (χ4n) is 1.97. The molecule has 0 saturated carbocycles. The van der Waals surface area contributed by atoms with Crippen molar-refractivity contribution in [1.29, 1.82) is 5.26 Å². The van der Waals surface area contributed by atoms with Crippen LogP contribution in [-0.4, -0.2) is 33.0 Å². The van der Waals surface area contributed by atoms with E-state index < -0.39 is 12.1 Å². The molecule has 0 aliphatic carbocycles. The number of methoxy groups -OCH3 is 2. The van der Waals surface area contributed by atoms with E-state index in [4.69, 9.17) is 19.5 Å². The first-order valence-corrected chi connectivity index (χ1v) is 5.79. The molecular weight excluding hydrogens is 248 g/mol. The summed E-state index contributed by atoms with van der Waals surface area (Å²) in [6.07, 6.45) is -0.0404. The Morgan fingerprint density at radius 3 is 2.74 bits per heavy atom. The number of nitrogens with zero attached hydrogens (tertiary/aromatic N) is 2. The van der Waals surface area contributed by atoms with E-state index in [1.54, 1.807) is 18.2 Å². The average molecular weight is 262 g/mol. The number of ether oxygens (including phenoxy) is 3. The first-order chi connectivity index (χ1) is 9.21. The zero-order chi connectivity index (χ0) is 13.8. The highest BCUT2D eigenvalue weighted by Gasteiger charge is 2.31. The van der Waals surface area contributed by atoms with E-state index in [9.17, 15) is 4.79 Å². The molecule has 1 amide bonds. The Balaban J connectivity index is 2.39. The van der Waals surface area contributed by atoms with E-state index in [1.807, 2.05) is 0 Å². The molecule has 1 heterocycles. The van der Waals surface area contributed by atoms with Gasteiger partial charge in [-0.1, -0.05) is 0 Å². The van der Waals surface area contributed by atoms with Gasteiger partial charge in [0.1, 0.15) is 6.04 Å². The Bertz CT molecular complexity index is 524. The number of amides is 1. The number of benzene rings is 1. The minimum absolute atomic E-state index is 0.265. The van der Waals surface area contributed by atoms with Gasteiger partial charge in [-0.05, 0) is 12.1 Å². The molecule has 0 bridgehead atoms. The van der Waals surface area contributed by atoms with Crippen molar-refractivity contribution in [3.8, 4) is 17.6 Å². The van der Waals surface area contributed by atoms with Crippen molar-refractivity contribution in [3.63, 3.8) is 0 Å². The van der Waals surface area contributed by atoms with Crippen LogP contribution < -0.4 is 14.4 Å². The predicted octanol–water partition coefficient (Wildman–Crippen LogP) is 1.94. The third kappa shape index (κ3) is 2.40. The van der Waals surface area contributed by atoms with Crippen molar-refractivity contribution in [3.05, 3.63) is 18.2 Å². The average Bonchev–Trinajstić information content (AvgIpc) is 2.46. The number of hydrogen-bond donors (Lipinski definition) is 0. The Labute approximate surface area is 111 Å². The fraction of sp³-hybridized carbons (Fsp3) is 0.385. The highest BCUT2D eigenvalue weighted by Crippen LogP contribution is 2.33. The summed E-state index contributed by atoms with van der Waals surface area (Å²) in [4.78, 5) is 13.1. The maximum absolute atomic E-state index is 11.8. The van der Waals surface area contributed by atoms with Gasteiger partial charge in [0.25, 0.3) is 0 Å². The number of hydrogen-bond acceptors (Lipinski definition) is 5. The molecule has 1 aromatic rings. The lowest BCUT2D eigenvalue weighted by atomic mass is 10.1. The van der Waals surface area contributed by atoms with Crippen molar-refractivity contribution < 1.29 is 19.0 Å². The van der Waals surface area contributed by atoms with E-state index in [-0.39, 0.29) is 6.61 Å². The number of cyclic esters (lactones) is 1. The van der Waals surface area contributed by atoms with Crippen LogP contribution in [0.1, 0.15) is 6.42 Å². The minimum Gasteiger partial charge on any atom is -0.493 e. The van der Waals surface area contributed by atoms with Crippen molar-refractivity contribution in [2.45, 2.75) is 12.5 Å². The van der Waals surface area contributed by atoms with Gasteiger partial charge in [0, 0.05) is 12.5 Å². The maximum atomic E-state index is 11.8. The Hall–Kier alpha value is -2.42. The normalized spacial score (nSPS) is 18.5. The van der Waals surface area contributed by atoms with Crippen molar-refractivity contribution in [1.82, 2.24) is 0 Å². The second-order valence-corrected chi connectivity index (χ2v) is 3.96. The SMILES string of the molecule is COc1ccc(N2C(=O)OCCC2C#N)cc1OC. The second-order valence-electron chi connectivity index (χ2n) is 3.96. The molecule has 0 spiro atoms. The molecule has 6 heteroatoms. The van der Waals surface area contributed by atoms with Crippen molar-refractivity contribution in [2.75, 3.05) is 25.7 Å². The molecular formula is C13H14N2O4. The van der Waals surface area contributed by atoms with Crippen LogP contribution in [0.25, 0.3) is 0 Å². The zero-order valence-electron chi connectivity index (χ0n) is 10.8. The molecule has 0 aromatic heterocycles. The topological polar surface area (TPSA) is 71.8 Å². The molecule has 19 heavy (non-hydrogen) atoms. The van der Waals surface area contributed by atoms with Gasteiger partial charge in [0.2, 0.25) is 0 Å². The summed E-state index contributed by atoms with van der Waals surface area (Å²) in [5, 5.41) is 9.11. The molecule has 1 saturated heterocycles. The zero-order valence-corrected chi connectivity index (χ0v) is 10.8. The van der Waals surface area contributed by atoms with Crippen LogP contribution >= 0.6 is 0 Å². The van der Waals surface area contributed by atoms with Gasteiger partial charge in [-0.2, -0.15) is 5.26 Å². The Morgan fingerprint density at radius 2 is 2.11 bits per heavy atom. The fourth-order valence-corrected chi connectivity index (χ4v) is 1.97. The summed E-state index contributed by atoms with van der Waals surface area (Å²) in [6, 6.07) is 6.60. The highest BCUT2D eigenvalue weighted by molar-refractivity contribution is 5.90. The lowest BCUT2D eigenvalue weighted by Crippen LogP contribution is -2.45. The van der Waals surface area contributed by atoms with Gasteiger partial charge in [-0.25, -0.2) is 4.79 Å². The second kappa shape index (κ2) is 5.48. The van der Waals surface area contributed by atoms with Crippen molar-refractivity contribution in [2.24, 2.45) is 0 Å². The highest BCUT2D eigenvalue weighted by atomic mass is 16.6. The van der Waals surface area contributed by atoms with Gasteiger partial charge >= 0.3 is 6.09 Å². The predicted molar refractivity (Wildman–Crippen MR) is 67.4 cm³/mol. The third-order valence-electron chi connectivity index (χ3n) is 2.92. The molecule has 2 rings (SSSR count). The molecule has 1 unspecified atom stereocenters. The minimum atomic E-state index is -0.528. The van der Waals surface area contributed by atoms with Gasteiger partial charge in [0.15, 0.2) is 11.5 Å². The summed E-state index contributed by atoms with van der Waals surface area (Å²) in [7, 11) is 3.04. The van der Waals surface area contributed by atoms with Crippen LogP contribution in [0.4, 0.5) is 10.5 Å². The molecule has 0 radical (unpaired) electrons. The number of nitriles is 1. The number of anilines is 1. The van der Waals surface area contributed by atoms with Gasteiger partial charge in [-0.15, -0.1) is 0 Å². The van der Waals surface area contributed by atoms with Gasteiger partial charge in [0.05, 0.1) is 32.6 Å². The molecule has 1 aliphatic rings. The van der Waals surface area contributed by atoms with Crippen LogP contribution in [-0.2, 0) is 4.74 Å². The van der Waals surface area contributed by atoms with Gasteiger partial charge < -0.3 is 14.2 Å². The quantitative estimate of drug-likeness (QED) is 0.832. The maximum Gasteiger partial charge on any atom is 0.415 e. The van der Waals surface area contributed by atoms with E-state index in [1.165, 1.54) is 19.1 Å². The molecule has 0 N–H and O–H groups in total. The molecule has 1 aliphatic heterocycles. The van der Waals surface area contributed by atoms with Crippen LogP contribution in [0.3, 0.4) is 0 Å². The van der Waals surface area contributed by atoms with Crippen LogP contribution in [0, 0.1) is 11.3 Å². The molecule has 1 atom stereocenters. The Kier molecular flexibility index (Phi) is 3.76. The molecule has 1 fully saturated rings. The summed E-state index contributed by atoms with van der Waals surface area (Å²) in [6.45, 7) is 0.265. The van der Waals surface area contributed by atoms with Gasteiger partial charge in [-0.3, -0.25) is 4.90 Å². The monoisotopic (exact) mass is 262 g/mol. The number of carbonyl (C=O) groups is 1. The van der Waals surface area contributed by atoms with Crippen LogP contribution in [0.2, 0.25) is 0 Å². The molecule has 6 nitrogen and oxygen atoms in total. The van der Waals surface area contributed by atoms with Crippen LogP contribution in [0.15, 0.2) is 18.2 Å². The van der Waals surface area contributed by atoms with E-state index >= 15 is 0 Å².